The molecule has 2 atom stereocenters. The number of rotatable bonds is 5. The van der Waals surface area contributed by atoms with Crippen LogP contribution in [0, 0.1) is 5.92 Å². The second-order valence-corrected chi connectivity index (χ2v) is 3.58. The van der Waals surface area contributed by atoms with Crippen LogP contribution < -0.4 is 4.74 Å². The average Bonchev–Trinajstić information content (AvgIpc) is 2.26. The fourth-order valence-corrected chi connectivity index (χ4v) is 1.26. The van der Waals surface area contributed by atoms with Gasteiger partial charge in [0.2, 0.25) is 0 Å². The number of aliphatic hydroxyl groups excluding tert-OH is 1. The van der Waals surface area contributed by atoms with Gasteiger partial charge in [0, 0.05) is 5.92 Å². The van der Waals surface area contributed by atoms with E-state index >= 15 is 0 Å². The van der Waals surface area contributed by atoms with E-state index in [-0.39, 0.29) is 12.0 Å². The quantitative estimate of drug-likeness (QED) is 0.780. The summed E-state index contributed by atoms with van der Waals surface area (Å²) < 4.78 is 5.53. The Morgan fingerprint density at radius 3 is 2.50 bits per heavy atom. The highest BCUT2D eigenvalue weighted by atomic mass is 16.5. The van der Waals surface area contributed by atoms with Gasteiger partial charge in [-0.25, -0.2) is 0 Å². The molecular weight excluding hydrogens is 176 g/mol. The number of aliphatic hydroxyl groups is 1. The summed E-state index contributed by atoms with van der Waals surface area (Å²) in [6, 6.07) is 9.68. The van der Waals surface area contributed by atoms with Crippen LogP contribution in [0.4, 0.5) is 0 Å². The fraction of sp³-hybridized carbons (Fsp3) is 0.500. The molecule has 0 heterocycles. The van der Waals surface area contributed by atoms with Crippen LogP contribution in [0.15, 0.2) is 30.3 Å². The van der Waals surface area contributed by atoms with Crippen molar-refractivity contribution >= 4 is 0 Å². The largest absolute Gasteiger partial charge is 0.493 e. The van der Waals surface area contributed by atoms with Gasteiger partial charge in [0.1, 0.15) is 5.75 Å². The average molecular weight is 194 g/mol. The van der Waals surface area contributed by atoms with E-state index in [2.05, 4.69) is 0 Å². The van der Waals surface area contributed by atoms with E-state index in [0.29, 0.717) is 6.61 Å². The molecule has 0 bridgehead atoms. The Kier molecular flexibility index (Phi) is 4.47. The zero-order valence-corrected chi connectivity index (χ0v) is 8.81. The number of hydrogen-bond acceptors (Lipinski definition) is 2. The molecule has 2 nitrogen and oxygen atoms in total. The van der Waals surface area contributed by atoms with Crippen LogP contribution in [0.3, 0.4) is 0 Å². The molecular formula is C12H18O2. The Bertz CT molecular complexity index is 246. The van der Waals surface area contributed by atoms with Crippen molar-refractivity contribution in [3.05, 3.63) is 30.3 Å². The van der Waals surface area contributed by atoms with Gasteiger partial charge in [0.15, 0.2) is 0 Å². The summed E-state index contributed by atoms with van der Waals surface area (Å²) in [4.78, 5) is 0. The molecule has 0 aliphatic heterocycles. The highest BCUT2D eigenvalue weighted by Crippen LogP contribution is 2.12. The molecule has 0 aliphatic carbocycles. The first-order valence-electron chi connectivity index (χ1n) is 5.10. The molecule has 78 valence electrons. The topological polar surface area (TPSA) is 29.5 Å². The molecule has 2 heteroatoms. The monoisotopic (exact) mass is 194 g/mol. The van der Waals surface area contributed by atoms with Crippen molar-refractivity contribution in [3.8, 4) is 5.75 Å². The number of para-hydroxylation sites is 1. The Morgan fingerprint density at radius 1 is 1.29 bits per heavy atom. The number of ether oxygens (including phenoxy) is 1. The zero-order chi connectivity index (χ0) is 10.4. The highest BCUT2D eigenvalue weighted by molar-refractivity contribution is 5.20. The number of benzene rings is 1. The molecule has 1 aromatic carbocycles. The van der Waals surface area contributed by atoms with Crippen molar-refractivity contribution in [2.45, 2.75) is 26.4 Å². The Morgan fingerprint density at radius 2 is 1.93 bits per heavy atom. The summed E-state index contributed by atoms with van der Waals surface area (Å²) >= 11 is 0. The molecule has 2 unspecified atom stereocenters. The molecule has 0 aliphatic rings. The molecule has 1 aromatic rings. The minimum atomic E-state index is -0.265. The van der Waals surface area contributed by atoms with Crippen molar-refractivity contribution in [1.29, 1.82) is 0 Å². The summed E-state index contributed by atoms with van der Waals surface area (Å²) in [6.45, 7) is 4.54. The van der Waals surface area contributed by atoms with Gasteiger partial charge in [0.05, 0.1) is 12.7 Å². The molecule has 0 aromatic heterocycles. The Labute approximate surface area is 85.5 Å². The summed E-state index contributed by atoms with van der Waals surface area (Å²) in [6.07, 6.45) is 0.512. The molecule has 0 fully saturated rings. The third-order valence-corrected chi connectivity index (χ3v) is 2.33. The fourth-order valence-electron chi connectivity index (χ4n) is 1.26. The molecule has 1 N–H and O–H groups in total. The third-order valence-electron chi connectivity index (χ3n) is 2.33. The first-order valence-corrected chi connectivity index (χ1v) is 5.10. The van der Waals surface area contributed by atoms with E-state index in [9.17, 15) is 5.11 Å². The van der Waals surface area contributed by atoms with Gasteiger partial charge < -0.3 is 9.84 Å². The van der Waals surface area contributed by atoms with Crippen LogP contribution in [0.25, 0.3) is 0 Å². The third kappa shape index (κ3) is 3.38. The maximum absolute atomic E-state index is 9.52. The maximum Gasteiger partial charge on any atom is 0.119 e. The van der Waals surface area contributed by atoms with E-state index in [1.165, 1.54) is 0 Å². The second kappa shape index (κ2) is 5.66. The molecule has 14 heavy (non-hydrogen) atoms. The maximum atomic E-state index is 9.52. The first kappa shape index (κ1) is 11.1. The van der Waals surface area contributed by atoms with Gasteiger partial charge >= 0.3 is 0 Å². The summed E-state index contributed by atoms with van der Waals surface area (Å²) in [7, 11) is 0. The Hall–Kier alpha value is -1.02. The predicted molar refractivity (Wildman–Crippen MR) is 57.4 cm³/mol. The standard InChI is InChI=1S/C12H18O2/c1-3-12(13)10(2)9-14-11-7-5-4-6-8-11/h4-8,10,12-13H,3,9H2,1-2H3. The lowest BCUT2D eigenvalue weighted by Crippen LogP contribution is -2.22. The van der Waals surface area contributed by atoms with Gasteiger partial charge in [-0.15, -0.1) is 0 Å². The molecule has 0 radical (unpaired) electrons. The van der Waals surface area contributed by atoms with Crippen molar-refractivity contribution in [2.24, 2.45) is 5.92 Å². The highest BCUT2D eigenvalue weighted by Gasteiger charge is 2.12. The minimum Gasteiger partial charge on any atom is -0.493 e. The predicted octanol–water partition coefficient (Wildman–Crippen LogP) is 2.47. The SMILES string of the molecule is CCC(O)C(C)COc1ccccc1. The molecule has 1 rings (SSSR count). The van der Waals surface area contributed by atoms with E-state index in [1.807, 2.05) is 44.2 Å². The van der Waals surface area contributed by atoms with Crippen LogP contribution >= 0.6 is 0 Å². The lowest BCUT2D eigenvalue weighted by atomic mass is 10.0. The van der Waals surface area contributed by atoms with Crippen LogP contribution in [0.2, 0.25) is 0 Å². The lowest BCUT2D eigenvalue weighted by Gasteiger charge is -2.17. The van der Waals surface area contributed by atoms with Gasteiger partial charge in [-0.05, 0) is 18.6 Å². The van der Waals surface area contributed by atoms with Crippen LogP contribution in [0.5, 0.6) is 5.75 Å². The van der Waals surface area contributed by atoms with Gasteiger partial charge in [-0.2, -0.15) is 0 Å². The normalized spacial score (nSPS) is 14.8. The van der Waals surface area contributed by atoms with E-state index < -0.39 is 0 Å². The Balaban J connectivity index is 2.34. The van der Waals surface area contributed by atoms with Crippen molar-refractivity contribution in [2.75, 3.05) is 6.61 Å². The summed E-state index contributed by atoms with van der Waals surface area (Å²) in [5.41, 5.74) is 0. The second-order valence-electron chi connectivity index (χ2n) is 3.58. The lowest BCUT2D eigenvalue weighted by molar-refractivity contribution is 0.0814. The minimum absolute atomic E-state index is 0.181. The van der Waals surface area contributed by atoms with Crippen molar-refractivity contribution in [3.63, 3.8) is 0 Å². The molecule has 0 spiro atoms. The van der Waals surface area contributed by atoms with Gasteiger partial charge in [-0.1, -0.05) is 32.0 Å². The van der Waals surface area contributed by atoms with E-state index in [0.717, 1.165) is 12.2 Å². The van der Waals surface area contributed by atoms with Crippen LogP contribution in [-0.2, 0) is 0 Å². The molecule has 0 saturated carbocycles. The van der Waals surface area contributed by atoms with Gasteiger partial charge in [-0.3, -0.25) is 0 Å². The summed E-state index contributed by atoms with van der Waals surface area (Å²) in [5.74, 6) is 1.04. The molecule has 0 amide bonds. The summed E-state index contributed by atoms with van der Waals surface area (Å²) in [5, 5.41) is 9.52. The first-order chi connectivity index (χ1) is 6.74. The van der Waals surface area contributed by atoms with E-state index in [4.69, 9.17) is 4.74 Å². The number of hydrogen-bond donors (Lipinski definition) is 1. The molecule has 0 saturated heterocycles. The van der Waals surface area contributed by atoms with Crippen molar-refractivity contribution in [1.82, 2.24) is 0 Å². The smallest absolute Gasteiger partial charge is 0.119 e. The van der Waals surface area contributed by atoms with Gasteiger partial charge in [0.25, 0.3) is 0 Å². The van der Waals surface area contributed by atoms with Crippen molar-refractivity contribution < 1.29 is 9.84 Å². The van der Waals surface area contributed by atoms with Crippen LogP contribution in [-0.4, -0.2) is 17.8 Å². The van der Waals surface area contributed by atoms with Crippen LogP contribution in [0.1, 0.15) is 20.3 Å². The zero-order valence-electron chi connectivity index (χ0n) is 8.81. The van der Waals surface area contributed by atoms with E-state index in [1.54, 1.807) is 0 Å².